The van der Waals surface area contributed by atoms with E-state index in [1.54, 1.807) is 36.1 Å². The fourth-order valence-electron chi connectivity index (χ4n) is 3.27. The van der Waals surface area contributed by atoms with Crippen molar-refractivity contribution in [2.24, 2.45) is 5.92 Å². The second-order valence-corrected chi connectivity index (χ2v) is 8.11. The minimum Gasteiger partial charge on any atom is -0.450 e. The van der Waals surface area contributed by atoms with Crippen LogP contribution in [0.3, 0.4) is 0 Å². The molecule has 3 N–H and O–H groups in total. The molecule has 2 rings (SSSR count). The van der Waals surface area contributed by atoms with Crippen molar-refractivity contribution in [3.8, 4) is 0 Å². The van der Waals surface area contributed by atoms with Gasteiger partial charge in [0.2, 0.25) is 11.8 Å². The van der Waals surface area contributed by atoms with Crippen LogP contribution in [0.2, 0.25) is 0 Å². The molecule has 4 amide bonds. The summed E-state index contributed by atoms with van der Waals surface area (Å²) in [6.45, 7) is 7.28. The van der Waals surface area contributed by atoms with Crippen LogP contribution in [0.5, 0.6) is 0 Å². The van der Waals surface area contributed by atoms with Gasteiger partial charge in [0.1, 0.15) is 0 Å². The first-order valence-corrected chi connectivity index (χ1v) is 11.2. The van der Waals surface area contributed by atoms with E-state index in [1.807, 2.05) is 13.8 Å². The zero-order chi connectivity index (χ0) is 23.5. The molecule has 0 saturated carbocycles. The highest BCUT2D eigenvalue weighted by atomic mass is 16.6. The van der Waals surface area contributed by atoms with Gasteiger partial charge in [-0.3, -0.25) is 14.4 Å². The minimum atomic E-state index is -0.303. The smallest absolute Gasteiger partial charge is 0.409 e. The van der Waals surface area contributed by atoms with Crippen molar-refractivity contribution in [1.29, 1.82) is 0 Å². The maximum Gasteiger partial charge on any atom is 0.409 e. The first-order valence-electron chi connectivity index (χ1n) is 11.2. The summed E-state index contributed by atoms with van der Waals surface area (Å²) in [7, 11) is 0. The topological polar surface area (TPSA) is 117 Å². The first-order chi connectivity index (χ1) is 15.3. The molecule has 0 unspecified atom stereocenters. The molecule has 1 saturated heterocycles. The van der Waals surface area contributed by atoms with Crippen LogP contribution >= 0.6 is 0 Å². The standard InChI is InChI=1S/C23H34N4O5/c1-4-32-23(31)27-14-11-19(12-15-27)25-20(28)6-5-13-24-22(30)17-7-9-18(10-8-17)26-21(29)16(2)3/h7-10,16,19H,4-6,11-15H2,1-3H3,(H,24,30)(H,25,28)(H,26,29). The normalized spacial score (nSPS) is 14.1. The fourth-order valence-corrected chi connectivity index (χ4v) is 3.27. The van der Waals surface area contributed by atoms with Crippen LogP contribution in [-0.2, 0) is 14.3 Å². The van der Waals surface area contributed by atoms with Gasteiger partial charge in [-0.2, -0.15) is 0 Å². The van der Waals surface area contributed by atoms with Crippen LogP contribution in [0.15, 0.2) is 24.3 Å². The third-order valence-electron chi connectivity index (χ3n) is 5.19. The molecule has 9 heteroatoms. The Kier molecular flexibility index (Phi) is 9.97. The Balaban J connectivity index is 1.63. The van der Waals surface area contributed by atoms with E-state index in [2.05, 4.69) is 16.0 Å². The number of ether oxygens (including phenoxy) is 1. The van der Waals surface area contributed by atoms with Crippen LogP contribution < -0.4 is 16.0 Å². The molecule has 0 atom stereocenters. The van der Waals surface area contributed by atoms with Gasteiger partial charge in [0.05, 0.1) is 6.61 Å². The predicted molar refractivity (Wildman–Crippen MR) is 121 cm³/mol. The van der Waals surface area contributed by atoms with Gasteiger partial charge < -0.3 is 25.6 Å². The SMILES string of the molecule is CCOC(=O)N1CCC(NC(=O)CCCNC(=O)c2ccc(NC(=O)C(C)C)cc2)CC1. The van der Waals surface area contributed by atoms with Gasteiger partial charge in [0.25, 0.3) is 5.91 Å². The monoisotopic (exact) mass is 446 g/mol. The summed E-state index contributed by atoms with van der Waals surface area (Å²) < 4.78 is 4.99. The highest BCUT2D eigenvalue weighted by Gasteiger charge is 2.24. The lowest BCUT2D eigenvalue weighted by Crippen LogP contribution is -2.46. The summed E-state index contributed by atoms with van der Waals surface area (Å²) in [5, 5.41) is 8.58. The second-order valence-electron chi connectivity index (χ2n) is 8.11. The molecule has 0 spiro atoms. The van der Waals surface area contributed by atoms with Crippen molar-refractivity contribution < 1.29 is 23.9 Å². The summed E-state index contributed by atoms with van der Waals surface area (Å²) >= 11 is 0. The number of likely N-dealkylation sites (tertiary alicyclic amines) is 1. The fraction of sp³-hybridized carbons (Fsp3) is 0.565. The van der Waals surface area contributed by atoms with Gasteiger partial charge in [-0.05, 0) is 50.5 Å². The molecule has 176 valence electrons. The molecule has 0 radical (unpaired) electrons. The molecule has 1 aromatic carbocycles. The lowest BCUT2D eigenvalue weighted by molar-refractivity contribution is -0.122. The number of carbonyl (C=O) groups excluding carboxylic acids is 4. The Hall–Kier alpha value is -3.10. The molecule has 1 aliphatic heterocycles. The molecule has 0 aromatic heterocycles. The minimum absolute atomic E-state index is 0.0532. The Labute approximate surface area is 189 Å². The molecule has 32 heavy (non-hydrogen) atoms. The predicted octanol–water partition coefficient (Wildman–Crippen LogP) is 2.53. The number of benzene rings is 1. The van der Waals surface area contributed by atoms with Crippen LogP contribution in [0.4, 0.5) is 10.5 Å². The number of nitrogens with one attached hydrogen (secondary N) is 3. The van der Waals surface area contributed by atoms with E-state index in [4.69, 9.17) is 4.74 Å². The number of anilines is 1. The van der Waals surface area contributed by atoms with E-state index < -0.39 is 0 Å². The van der Waals surface area contributed by atoms with E-state index >= 15 is 0 Å². The Morgan fingerprint density at radius 2 is 1.75 bits per heavy atom. The zero-order valence-electron chi connectivity index (χ0n) is 19.1. The largest absolute Gasteiger partial charge is 0.450 e. The molecular formula is C23H34N4O5. The van der Waals surface area contributed by atoms with E-state index in [9.17, 15) is 19.2 Å². The van der Waals surface area contributed by atoms with E-state index in [-0.39, 0.29) is 35.8 Å². The number of carbonyl (C=O) groups is 4. The van der Waals surface area contributed by atoms with E-state index in [0.717, 1.165) is 0 Å². The van der Waals surface area contributed by atoms with Crippen molar-refractivity contribution >= 4 is 29.5 Å². The highest BCUT2D eigenvalue weighted by Crippen LogP contribution is 2.13. The molecule has 1 aliphatic rings. The molecule has 9 nitrogen and oxygen atoms in total. The van der Waals surface area contributed by atoms with Gasteiger partial charge in [-0.25, -0.2) is 4.79 Å². The number of hydrogen-bond donors (Lipinski definition) is 3. The van der Waals surface area contributed by atoms with Crippen LogP contribution in [0, 0.1) is 5.92 Å². The highest BCUT2D eigenvalue weighted by molar-refractivity contribution is 5.96. The van der Waals surface area contributed by atoms with Crippen molar-refractivity contribution in [3.05, 3.63) is 29.8 Å². The summed E-state index contributed by atoms with van der Waals surface area (Å²) in [4.78, 5) is 49.5. The lowest BCUT2D eigenvalue weighted by Gasteiger charge is -2.31. The van der Waals surface area contributed by atoms with E-state index in [0.29, 0.717) is 63.2 Å². The van der Waals surface area contributed by atoms with Crippen LogP contribution in [-0.4, -0.2) is 61.0 Å². The summed E-state index contributed by atoms with van der Waals surface area (Å²) in [6, 6.07) is 6.74. The first kappa shape index (κ1) is 25.2. The van der Waals surface area contributed by atoms with Crippen molar-refractivity contribution in [1.82, 2.24) is 15.5 Å². The quantitative estimate of drug-likeness (QED) is 0.504. The second kappa shape index (κ2) is 12.7. The van der Waals surface area contributed by atoms with Gasteiger partial charge >= 0.3 is 6.09 Å². The molecule has 0 aliphatic carbocycles. The zero-order valence-corrected chi connectivity index (χ0v) is 19.1. The lowest BCUT2D eigenvalue weighted by atomic mass is 10.1. The summed E-state index contributed by atoms with van der Waals surface area (Å²) in [5.74, 6) is -0.477. The van der Waals surface area contributed by atoms with Gasteiger partial charge in [0.15, 0.2) is 0 Å². The van der Waals surface area contributed by atoms with E-state index in [1.165, 1.54) is 0 Å². The Morgan fingerprint density at radius 3 is 2.34 bits per heavy atom. The maximum absolute atomic E-state index is 12.2. The molecule has 0 bridgehead atoms. The number of nitrogens with zero attached hydrogens (tertiary/aromatic N) is 1. The van der Waals surface area contributed by atoms with Gasteiger partial charge in [-0.1, -0.05) is 13.8 Å². The Bertz CT molecular complexity index is 786. The van der Waals surface area contributed by atoms with Crippen LogP contribution in [0.1, 0.15) is 56.8 Å². The van der Waals surface area contributed by atoms with Crippen molar-refractivity contribution in [2.45, 2.75) is 52.5 Å². The third kappa shape index (κ3) is 8.20. The van der Waals surface area contributed by atoms with Crippen LogP contribution in [0.25, 0.3) is 0 Å². The third-order valence-corrected chi connectivity index (χ3v) is 5.19. The average Bonchev–Trinajstić information content (AvgIpc) is 2.77. The number of piperidine rings is 1. The average molecular weight is 447 g/mol. The van der Waals surface area contributed by atoms with Gasteiger partial charge in [0, 0.05) is 49.3 Å². The molecule has 1 heterocycles. The Morgan fingerprint density at radius 1 is 1.09 bits per heavy atom. The number of hydrogen-bond acceptors (Lipinski definition) is 5. The molecule has 1 fully saturated rings. The number of amides is 4. The van der Waals surface area contributed by atoms with Gasteiger partial charge in [-0.15, -0.1) is 0 Å². The summed E-state index contributed by atoms with van der Waals surface area (Å²) in [5.41, 5.74) is 1.13. The maximum atomic E-state index is 12.2. The summed E-state index contributed by atoms with van der Waals surface area (Å²) in [6.07, 6.45) is 1.95. The van der Waals surface area contributed by atoms with Crippen molar-refractivity contribution in [2.75, 3.05) is 31.6 Å². The number of rotatable bonds is 9. The molecule has 1 aromatic rings. The molecular weight excluding hydrogens is 412 g/mol. The van der Waals surface area contributed by atoms with Crippen molar-refractivity contribution in [3.63, 3.8) is 0 Å².